The summed E-state index contributed by atoms with van der Waals surface area (Å²) in [6.45, 7) is 4.97. The second-order valence-corrected chi connectivity index (χ2v) is 8.13. The summed E-state index contributed by atoms with van der Waals surface area (Å²) < 4.78 is 16.5. The van der Waals surface area contributed by atoms with E-state index in [1.807, 2.05) is 31.2 Å². The molecule has 1 aliphatic rings. The van der Waals surface area contributed by atoms with Crippen molar-refractivity contribution in [1.29, 1.82) is 0 Å². The maximum absolute atomic E-state index is 12.9. The summed E-state index contributed by atoms with van der Waals surface area (Å²) in [6, 6.07) is 12.2. The molecule has 8 heteroatoms. The number of carbonyl (C=O) groups excluding carboxylic acids is 1. The molecule has 1 unspecified atom stereocenters. The van der Waals surface area contributed by atoms with Gasteiger partial charge in [0.1, 0.15) is 11.3 Å². The van der Waals surface area contributed by atoms with Gasteiger partial charge in [0, 0.05) is 30.7 Å². The van der Waals surface area contributed by atoms with Crippen LogP contribution in [0.25, 0.3) is 11.0 Å². The molecule has 32 heavy (non-hydrogen) atoms. The minimum absolute atomic E-state index is 0.0281. The van der Waals surface area contributed by atoms with Gasteiger partial charge in [-0.25, -0.2) is 0 Å². The van der Waals surface area contributed by atoms with E-state index in [9.17, 15) is 9.59 Å². The molecular weight excluding hydrogens is 432 g/mol. The van der Waals surface area contributed by atoms with Gasteiger partial charge >= 0.3 is 0 Å². The summed E-state index contributed by atoms with van der Waals surface area (Å²) in [7, 11) is 1.63. The summed E-state index contributed by atoms with van der Waals surface area (Å²) in [4.78, 5) is 27.7. The Bertz CT molecular complexity index is 1170. The molecule has 1 N–H and O–H groups in total. The van der Waals surface area contributed by atoms with Crippen molar-refractivity contribution in [2.75, 3.05) is 40.0 Å². The number of halogens is 1. The predicted molar refractivity (Wildman–Crippen MR) is 123 cm³/mol. The Kier molecular flexibility index (Phi) is 6.79. The van der Waals surface area contributed by atoms with Gasteiger partial charge in [0.05, 0.1) is 31.8 Å². The van der Waals surface area contributed by atoms with Crippen molar-refractivity contribution < 1.29 is 18.7 Å². The van der Waals surface area contributed by atoms with Crippen molar-refractivity contribution in [3.8, 4) is 5.75 Å². The van der Waals surface area contributed by atoms with Crippen LogP contribution in [0.4, 0.5) is 0 Å². The zero-order valence-corrected chi connectivity index (χ0v) is 18.8. The third-order valence-electron chi connectivity index (χ3n) is 5.68. The van der Waals surface area contributed by atoms with E-state index < -0.39 is 5.91 Å². The number of ether oxygens (including phenoxy) is 2. The van der Waals surface area contributed by atoms with Crippen molar-refractivity contribution >= 4 is 28.5 Å². The average Bonchev–Trinajstić information content (AvgIpc) is 2.81. The molecule has 0 aliphatic carbocycles. The summed E-state index contributed by atoms with van der Waals surface area (Å²) >= 11 is 6.12. The normalized spacial score (nSPS) is 15.5. The zero-order chi connectivity index (χ0) is 22.7. The van der Waals surface area contributed by atoms with Crippen LogP contribution < -0.4 is 15.5 Å². The molecule has 1 fully saturated rings. The molecule has 0 bridgehead atoms. The van der Waals surface area contributed by atoms with Gasteiger partial charge in [0.2, 0.25) is 0 Å². The number of aryl methyl sites for hydroxylation is 1. The number of amides is 1. The van der Waals surface area contributed by atoms with Crippen LogP contribution in [0.1, 0.15) is 27.7 Å². The molecule has 168 valence electrons. The van der Waals surface area contributed by atoms with Crippen LogP contribution in [0.5, 0.6) is 5.75 Å². The van der Waals surface area contributed by atoms with Gasteiger partial charge < -0.3 is 19.2 Å². The number of hydrogen-bond donors (Lipinski definition) is 1. The highest BCUT2D eigenvalue weighted by Crippen LogP contribution is 2.25. The zero-order valence-electron chi connectivity index (χ0n) is 18.0. The number of nitrogens with zero attached hydrogens (tertiary/aromatic N) is 1. The van der Waals surface area contributed by atoms with E-state index in [0.717, 1.165) is 30.0 Å². The minimum Gasteiger partial charge on any atom is -0.497 e. The lowest BCUT2D eigenvalue weighted by molar-refractivity contribution is 0.0161. The van der Waals surface area contributed by atoms with E-state index in [1.165, 1.54) is 6.07 Å². The Hall–Kier alpha value is -2.87. The quantitative estimate of drug-likeness (QED) is 0.610. The van der Waals surface area contributed by atoms with Crippen molar-refractivity contribution in [2.45, 2.75) is 13.0 Å². The van der Waals surface area contributed by atoms with E-state index in [-0.39, 0.29) is 17.2 Å². The highest BCUT2D eigenvalue weighted by Gasteiger charge is 2.24. The molecule has 4 rings (SSSR count). The molecule has 1 aromatic heterocycles. The summed E-state index contributed by atoms with van der Waals surface area (Å²) in [5.41, 5.74) is 1.85. The van der Waals surface area contributed by atoms with Gasteiger partial charge in [-0.15, -0.1) is 0 Å². The number of rotatable bonds is 6. The lowest BCUT2D eigenvalue weighted by Crippen LogP contribution is -2.43. The number of fused-ring (bicyclic) bond motifs is 1. The number of carbonyl (C=O) groups is 1. The van der Waals surface area contributed by atoms with Gasteiger partial charge in [-0.2, -0.15) is 0 Å². The molecule has 0 spiro atoms. The SMILES string of the molecule is COc1ccc(C(CNC(=O)c2cc(=O)c3cc(Cl)c(C)cc3o2)N2CCOCC2)cc1. The first-order valence-corrected chi connectivity index (χ1v) is 10.8. The molecule has 1 amide bonds. The van der Waals surface area contributed by atoms with Crippen molar-refractivity contribution in [3.63, 3.8) is 0 Å². The second-order valence-electron chi connectivity index (χ2n) is 7.72. The topological polar surface area (TPSA) is 81.0 Å². The molecule has 2 heterocycles. The molecule has 1 saturated heterocycles. The first kappa shape index (κ1) is 22.3. The molecule has 1 aliphatic heterocycles. The summed E-state index contributed by atoms with van der Waals surface area (Å²) in [5, 5.41) is 3.76. The van der Waals surface area contributed by atoms with Crippen molar-refractivity contribution in [3.05, 3.63) is 74.6 Å². The van der Waals surface area contributed by atoms with E-state index in [0.29, 0.717) is 35.8 Å². The standard InChI is InChI=1S/C24H25ClN2O5/c1-15-11-22-18(12-19(15)25)21(28)13-23(32-22)24(29)26-14-20(27-7-9-31-10-8-27)16-3-5-17(30-2)6-4-16/h3-6,11-13,20H,7-10,14H2,1-2H3,(H,26,29). The second kappa shape index (κ2) is 9.73. The fourth-order valence-electron chi connectivity index (χ4n) is 3.84. The Morgan fingerprint density at radius 2 is 1.91 bits per heavy atom. The lowest BCUT2D eigenvalue weighted by Gasteiger charge is -2.35. The van der Waals surface area contributed by atoms with E-state index >= 15 is 0 Å². The Labute approximate surface area is 190 Å². The molecule has 1 atom stereocenters. The summed E-state index contributed by atoms with van der Waals surface area (Å²) in [5.74, 6) is 0.301. The number of morpholine rings is 1. The van der Waals surface area contributed by atoms with Gasteiger partial charge in [-0.1, -0.05) is 23.7 Å². The first-order chi connectivity index (χ1) is 15.5. The molecule has 0 radical (unpaired) electrons. The molecule has 0 saturated carbocycles. The predicted octanol–water partition coefficient (Wildman–Crippen LogP) is 3.57. The Balaban J connectivity index is 1.56. The Morgan fingerprint density at radius 1 is 1.19 bits per heavy atom. The highest BCUT2D eigenvalue weighted by atomic mass is 35.5. The molecule has 3 aromatic rings. The van der Waals surface area contributed by atoms with E-state index in [2.05, 4.69) is 10.2 Å². The third kappa shape index (κ3) is 4.80. The number of methoxy groups -OCH3 is 1. The van der Waals surface area contributed by atoms with Crippen LogP contribution in [0, 0.1) is 6.92 Å². The van der Waals surface area contributed by atoms with Crippen LogP contribution in [-0.4, -0.2) is 50.8 Å². The maximum atomic E-state index is 12.9. The van der Waals surface area contributed by atoms with Crippen LogP contribution >= 0.6 is 11.6 Å². The number of benzene rings is 2. The first-order valence-electron chi connectivity index (χ1n) is 10.4. The molecule has 7 nitrogen and oxygen atoms in total. The molecule has 2 aromatic carbocycles. The third-order valence-corrected chi connectivity index (χ3v) is 6.08. The average molecular weight is 457 g/mol. The van der Waals surface area contributed by atoms with Crippen molar-refractivity contribution in [2.24, 2.45) is 0 Å². The number of hydrogen-bond acceptors (Lipinski definition) is 6. The van der Waals surface area contributed by atoms with Gasteiger partial charge in [0.15, 0.2) is 11.2 Å². The Morgan fingerprint density at radius 3 is 2.59 bits per heavy atom. The van der Waals surface area contributed by atoms with Gasteiger partial charge in [0.25, 0.3) is 5.91 Å². The highest BCUT2D eigenvalue weighted by molar-refractivity contribution is 6.32. The van der Waals surface area contributed by atoms with Gasteiger partial charge in [-0.05, 0) is 42.3 Å². The van der Waals surface area contributed by atoms with Crippen molar-refractivity contribution in [1.82, 2.24) is 10.2 Å². The van der Waals surface area contributed by atoms with Crippen LogP contribution in [0.15, 0.2) is 51.7 Å². The minimum atomic E-state index is -0.441. The molecular formula is C24H25ClN2O5. The maximum Gasteiger partial charge on any atom is 0.287 e. The lowest BCUT2D eigenvalue weighted by atomic mass is 10.0. The van der Waals surface area contributed by atoms with E-state index in [4.69, 9.17) is 25.5 Å². The fourth-order valence-corrected chi connectivity index (χ4v) is 4.00. The monoisotopic (exact) mass is 456 g/mol. The van der Waals surface area contributed by atoms with Crippen LogP contribution in [-0.2, 0) is 4.74 Å². The fraction of sp³-hybridized carbons (Fsp3) is 0.333. The largest absolute Gasteiger partial charge is 0.497 e. The number of nitrogens with one attached hydrogen (secondary N) is 1. The smallest absolute Gasteiger partial charge is 0.287 e. The van der Waals surface area contributed by atoms with Crippen LogP contribution in [0.2, 0.25) is 5.02 Å². The summed E-state index contributed by atoms with van der Waals surface area (Å²) in [6.07, 6.45) is 0. The van der Waals surface area contributed by atoms with Crippen LogP contribution in [0.3, 0.4) is 0 Å². The van der Waals surface area contributed by atoms with Gasteiger partial charge in [-0.3, -0.25) is 14.5 Å². The van der Waals surface area contributed by atoms with E-state index in [1.54, 1.807) is 19.2 Å².